The van der Waals surface area contributed by atoms with Crippen molar-refractivity contribution >= 4 is 32.1 Å². The van der Waals surface area contributed by atoms with E-state index in [1.807, 2.05) is 20.8 Å². The fraction of sp³-hybridized carbons (Fsp3) is 0.478. The van der Waals surface area contributed by atoms with Gasteiger partial charge in [0.15, 0.2) is 15.7 Å². The van der Waals surface area contributed by atoms with Gasteiger partial charge in [0, 0.05) is 30.8 Å². The molecular weight excluding hydrogens is 507 g/mol. The molecule has 0 amide bonds. The Morgan fingerprint density at radius 3 is 2.56 bits per heavy atom. The first-order valence-electron chi connectivity index (χ1n) is 11.7. The molecule has 0 N–H and O–H groups in total. The molecule has 0 unspecified atom stereocenters. The van der Waals surface area contributed by atoms with Crippen LogP contribution in [0.25, 0.3) is 16.2 Å². The molecule has 1 saturated heterocycles. The molecule has 0 radical (unpaired) electrons. The van der Waals surface area contributed by atoms with Crippen LogP contribution < -0.4 is 9.64 Å². The quantitative estimate of drug-likeness (QED) is 0.344. The number of fused-ring (bicyclic) bond motifs is 1. The van der Waals surface area contributed by atoms with E-state index < -0.39 is 15.7 Å². The van der Waals surface area contributed by atoms with Crippen molar-refractivity contribution in [2.75, 3.05) is 24.2 Å². The number of sulfone groups is 1. The maximum absolute atomic E-state index is 14.3. The molecular formula is C23H27FN6O4S2. The number of hydrogen-bond acceptors (Lipinski definition) is 10. The zero-order valence-corrected chi connectivity index (χ0v) is 22.0. The summed E-state index contributed by atoms with van der Waals surface area (Å²) in [7, 11) is -3.63. The van der Waals surface area contributed by atoms with Crippen molar-refractivity contribution in [3.63, 3.8) is 0 Å². The van der Waals surface area contributed by atoms with Gasteiger partial charge in [0.2, 0.25) is 4.96 Å². The van der Waals surface area contributed by atoms with Crippen molar-refractivity contribution in [2.45, 2.75) is 50.5 Å². The van der Waals surface area contributed by atoms with Crippen molar-refractivity contribution < 1.29 is 22.1 Å². The van der Waals surface area contributed by atoms with Crippen LogP contribution in [0.3, 0.4) is 0 Å². The predicted molar refractivity (Wildman–Crippen MR) is 133 cm³/mol. The molecule has 3 aromatic heterocycles. The number of piperidine rings is 1. The van der Waals surface area contributed by atoms with E-state index in [4.69, 9.17) is 9.26 Å². The SMILES string of the molecule is CC(C)c1noc(N2CCC([C@@H](C)Oc3nn4cc(-c5ccc(S(C)(=O)=O)c(F)c5)nc4s3)CC2)n1. The summed E-state index contributed by atoms with van der Waals surface area (Å²) in [5.41, 5.74) is 0.975. The van der Waals surface area contributed by atoms with Gasteiger partial charge in [-0.2, -0.15) is 4.98 Å². The van der Waals surface area contributed by atoms with E-state index in [0.717, 1.165) is 38.0 Å². The van der Waals surface area contributed by atoms with Gasteiger partial charge in [-0.3, -0.25) is 0 Å². The number of hydrogen-bond donors (Lipinski definition) is 0. The van der Waals surface area contributed by atoms with Crippen LogP contribution in [0.5, 0.6) is 5.19 Å². The van der Waals surface area contributed by atoms with Gasteiger partial charge in [0.25, 0.3) is 5.19 Å². The van der Waals surface area contributed by atoms with Gasteiger partial charge in [-0.1, -0.05) is 25.1 Å². The summed E-state index contributed by atoms with van der Waals surface area (Å²) >= 11 is 1.30. The highest BCUT2D eigenvalue weighted by Gasteiger charge is 2.28. The Hall–Kier alpha value is -3.06. The number of anilines is 1. The van der Waals surface area contributed by atoms with Crippen LogP contribution in [0.15, 0.2) is 33.8 Å². The summed E-state index contributed by atoms with van der Waals surface area (Å²) in [5, 5.41) is 9.03. The standard InChI is InChI=1S/C23H27FN6O4S2/c1-13(2)20-26-21(34-28-20)29-9-7-15(8-10-29)14(3)33-23-27-30-12-18(25-22(30)35-23)16-5-6-19(17(24)11-16)36(4,31)32/h5-6,11-15H,7-10H2,1-4H3/t14-/m1/s1. The molecule has 1 fully saturated rings. The first-order valence-corrected chi connectivity index (χ1v) is 14.4. The highest BCUT2D eigenvalue weighted by atomic mass is 32.2. The normalized spacial score (nSPS) is 16.2. The number of aromatic nitrogens is 5. The first kappa shape index (κ1) is 24.6. The smallest absolute Gasteiger partial charge is 0.324 e. The van der Waals surface area contributed by atoms with E-state index in [1.165, 1.54) is 29.5 Å². The van der Waals surface area contributed by atoms with Crippen molar-refractivity contribution in [1.29, 1.82) is 0 Å². The van der Waals surface area contributed by atoms with Crippen molar-refractivity contribution in [1.82, 2.24) is 24.7 Å². The maximum Gasteiger partial charge on any atom is 0.324 e. The molecule has 1 aromatic carbocycles. The third-order valence-corrected chi connectivity index (χ3v) is 8.30. The maximum atomic E-state index is 14.3. The van der Waals surface area contributed by atoms with E-state index in [1.54, 1.807) is 10.7 Å². The van der Waals surface area contributed by atoms with Gasteiger partial charge >= 0.3 is 6.01 Å². The lowest BCUT2D eigenvalue weighted by Crippen LogP contribution is -2.38. The molecule has 0 bridgehead atoms. The van der Waals surface area contributed by atoms with Gasteiger partial charge in [0.1, 0.15) is 16.8 Å². The van der Waals surface area contributed by atoms with Gasteiger partial charge in [-0.05, 0) is 49.2 Å². The van der Waals surface area contributed by atoms with Crippen LogP contribution in [-0.2, 0) is 9.84 Å². The summed E-state index contributed by atoms with van der Waals surface area (Å²) in [6.45, 7) is 7.75. The fourth-order valence-corrected chi connectivity index (χ4v) is 5.78. The molecule has 1 aliphatic rings. The fourth-order valence-electron chi connectivity index (χ4n) is 4.23. The Labute approximate surface area is 212 Å². The first-order chi connectivity index (χ1) is 17.1. The van der Waals surface area contributed by atoms with Gasteiger partial charge < -0.3 is 14.2 Å². The minimum atomic E-state index is -3.63. The third-order valence-electron chi connectivity index (χ3n) is 6.36. The minimum absolute atomic E-state index is 0.0333. The van der Waals surface area contributed by atoms with Crippen molar-refractivity contribution in [3.05, 3.63) is 36.0 Å². The molecule has 0 spiro atoms. The Bertz CT molecular complexity index is 1460. The topological polar surface area (TPSA) is 116 Å². The zero-order valence-electron chi connectivity index (χ0n) is 20.4. The molecule has 4 heterocycles. The summed E-state index contributed by atoms with van der Waals surface area (Å²) < 4.78 is 50.7. The molecule has 5 rings (SSSR count). The highest BCUT2D eigenvalue weighted by molar-refractivity contribution is 7.90. The van der Waals surface area contributed by atoms with E-state index in [2.05, 4.69) is 25.1 Å². The van der Waals surface area contributed by atoms with Crippen molar-refractivity contribution in [3.8, 4) is 16.5 Å². The third kappa shape index (κ3) is 4.94. The monoisotopic (exact) mass is 534 g/mol. The van der Waals surface area contributed by atoms with E-state index in [-0.39, 0.29) is 16.9 Å². The molecule has 1 aliphatic heterocycles. The predicted octanol–water partition coefficient (Wildman–Crippen LogP) is 4.19. The van der Waals surface area contributed by atoms with Crippen molar-refractivity contribution in [2.24, 2.45) is 5.92 Å². The van der Waals surface area contributed by atoms with Gasteiger partial charge in [0.05, 0.1) is 11.9 Å². The zero-order chi connectivity index (χ0) is 25.6. The Balaban J connectivity index is 1.21. The lowest BCUT2D eigenvalue weighted by molar-refractivity contribution is 0.130. The second-order valence-electron chi connectivity index (χ2n) is 9.38. The Kier molecular flexibility index (Phi) is 6.45. The number of ether oxygens (including phenoxy) is 1. The van der Waals surface area contributed by atoms with Gasteiger partial charge in [-0.25, -0.2) is 22.3 Å². The second-order valence-corrected chi connectivity index (χ2v) is 12.3. The van der Waals surface area contributed by atoms with E-state index in [0.29, 0.717) is 33.3 Å². The van der Waals surface area contributed by atoms with Crippen LogP contribution in [0, 0.1) is 11.7 Å². The number of rotatable bonds is 7. The number of benzene rings is 1. The minimum Gasteiger partial charge on any atom is -0.466 e. The molecule has 0 aliphatic carbocycles. The Morgan fingerprint density at radius 2 is 1.94 bits per heavy atom. The van der Waals surface area contributed by atoms with Crippen LogP contribution >= 0.6 is 11.3 Å². The van der Waals surface area contributed by atoms with Crippen LogP contribution in [0.2, 0.25) is 0 Å². The average Bonchev–Trinajstić information content (AvgIpc) is 3.53. The lowest BCUT2D eigenvalue weighted by Gasteiger charge is -2.33. The summed E-state index contributed by atoms with van der Waals surface area (Å²) in [6, 6.07) is 4.54. The largest absolute Gasteiger partial charge is 0.466 e. The highest BCUT2D eigenvalue weighted by Crippen LogP contribution is 2.31. The molecule has 4 aromatic rings. The molecule has 0 saturated carbocycles. The summed E-state index contributed by atoms with van der Waals surface area (Å²) in [5.74, 6) is 0.502. The van der Waals surface area contributed by atoms with Crippen LogP contribution in [0.4, 0.5) is 10.4 Å². The molecule has 36 heavy (non-hydrogen) atoms. The molecule has 13 heteroatoms. The van der Waals surface area contributed by atoms with E-state index in [9.17, 15) is 12.8 Å². The average molecular weight is 535 g/mol. The number of nitrogens with zero attached hydrogens (tertiary/aromatic N) is 6. The van der Waals surface area contributed by atoms with Crippen LogP contribution in [-0.4, -0.2) is 58.6 Å². The number of imidazole rings is 1. The second kappa shape index (κ2) is 9.43. The Morgan fingerprint density at radius 1 is 1.19 bits per heavy atom. The van der Waals surface area contributed by atoms with E-state index >= 15 is 0 Å². The number of halogens is 1. The molecule has 1 atom stereocenters. The molecule has 10 nitrogen and oxygen atoms in total. The summed E-state index contributed by atoms with van der Waals surface area (Å²) in [4.78, 5) is 11.4. The van der Waals surface area contributed by atoms with Gasteiger partial charge in [-0.15, -0.1) is 5.10 Å². The lowest BCUT2D eigenvalue weighted by atomic mass is 9.92. The molecule has 192 valence electrons. The summed E-state index contributed by atoms with van der Waals surface area (Å²) in [6.07, 6.45) is 4.48. The van der Waals surface area contributed by atoms with Crippen LogP contribution in [0.1, 0.15) is 45.4 Å².